The normalized spacial score (nSPS) is 27.7. The topological polar surface area (TPSA) is 219 Å². The van der Waals surface area contributed by atoms with E-state index in [1.165, 1.54) is 11.8 Å². The number of fused-ring (bicyclic) bond motifs is 2. The first kappa shape index (κ1) is 25.5. The monoisotopic (exact) mass is 515 g/mol. The molecule has 1 saturated heterocycles. The predicted octanol–water partition coefficient (Wildman–Crippen LogP) is -1.54. The number of benzene rings is 1. The minimum atomic E-state index is -4.95. The molecule has 3 aliphatic rings. The van der Waals surface area contributed by atoms with Crippen molar-refractivity contribution in [2.75, 3.05) is 18.1 Å². The van der Waals surface area contributed by atoms with Crippen LogP contribution in [0.4, 0.5) is 16.2 Å². The van der Waals surface area contributed by atoms with Gasteiger partial charge in [-0.25, -0.2) is 14.2 Å². The molecule has 1 aromatic carbocycles. The Morgan fingerprint density at radius 2 is 1.86 bits per heavy atom. The molecule has 6 N–H and O–H groups in total. The number of urea groups is 1. The maximum atomic E-state index is 13.0. The molecular formula is C19H24N4O11P+. The first-order chi connectivity index (χ1) is 16.2. The van der Waals surface area contributed by atoms with Crippen molar-refractivity contribution in [2.45, 2.75) is 44.8 Å². The van der Waals surface area contributed by atoms with Crippen LogP contribution in [0.15, 0.2) is 17.1 Å². The number of hydrogen-bond acceptors (Lipinski definition) is 10. The van der Waals surface area contributed by atoms with Gasteiger partial charge in [-0.2, -0.15) is 4.99 Å². The number of aliphatic hydroxyl groups is 3. The van der Waals surface area contributed by atoms with Crippen LogP contribution in [0.1, 0.15) is 18.1 Å². The van der Waals surface area contributed by atoms with Gasteiger partial charge in [0.2, 0.25) is 11.5 Å². The van der Waals surface area contributed by atoms with E-state index in [1.54, 1.807) is 26.0 Å². The van der Waals surface area contributed by atoms with Crippen molar-refractivity contribution >= 4 is 42.9 Å². The average Bonchev–Trinajstić information content (AvgIpc) is 3.46. The summed E-state index contributed by atoms with van der Waals surface area (Å²) in [6.07, 6.45) is -5.66. The minimum Gasteiger partial charge on any atom is -0.388 e. The number of nitrogens with one attached hydrogen (secondary N) is 1. The zero-order valence-corrected chi connectivity index (χ0v) is 19.7. The number of quaternary nitrogens is 1. The van der Waals surface area contributed by atoms with Crippen molar-refractivity contribution < 1.29 is 53.4 Å². The van der Waals surface area contributed by atoms with Crippen LogP contribution in [0.25, 0.3) is 0 Å². The third kappa shape index (κ3) is 3.81. The number of hydrogen-bond donors (Lipinski definition) is 6. The largest absolute Gasteiger partial charge is 0.469 e. The SMILES string of the molecule is CC(=O)[N@+]12O[C@]13C(=O)NC(=O)N=C3N(C[C@H](O)[C@H](O)[C@H](O)COP(=O)(O)O)c1cc(C)c(C)cc12. The van der Waals surface area contributed by atoms with Crippen LogP contribution in [0.2, 0.25) is 0 Å². The molecule has 0 saturated carbocycles. The number of aliphatic imine (C=N–C) groups is 1. The molecule has 35 heavy (non-hydrogen) atoms. The maximum absolute atomic E-state index is 13.0. The summed E-state index contributed by atoms with van der Waals surface area (Å²) >= 11 is 0. The lowest BCUT2D eigenvalue weighted by molar-refractivity contribution is -0.130. The van der Waals surface area contributed by atoms with E-state index in [4.69, 9.17) is 14.6 Å². The molecule has 16 heteroatoms. The summed E-state index contributed by atoms with van der Waals surface area (Å²) < 4.78 is 14.1. The van der Waals surface area contributed by atoms with Crippen molar-refractivity contribution in [1.29, 1.82) is 0 Å². The number of aliphatic hydroxyl groups excluding tert-OH is 3. The van der Waals surface area contributed by atoms with Crippen LogP contribution in [0.3, 0.4) is 0 Å². The third-order valence-electron chi connectivity index (χ3n) is 6.21. The fourth-order valence-corrected chi connectivity index (χ4v) is 4.67. The molecule has 190 valence electrons. The van der Waals surface area contributed by atoms with Gasteiger partial charge in [-0.15, -0.1) is 0 Å². The average molecular weight is 515 g/mol. The molecule has 1 spiro atoms. The Balaban J connectivity index is 1.77. The Morgan fingerprint density at radius 3 is 2.46 bits per heavy atom. The molecule has 0 unspecified atom stereocenters. The highest BCUT2D eigenvalue weighted by molar-refractivity contribution is 7.46. The Hall–Kier alpha value is -2.59. The molecule has 0 aliphatic carbocycles. The molecule has 5 atom stereocenters. The number of phosphoric ester groups is 1. The van der Waals surface area contributed by atoms with E-state index >= 15 is 0 Å². The summed E-state index contributed by atoms with van der Waals surface area (Å²) in [5.41, 5.74) is -0.0455. The molecule has 3 aliphatic heterocycles. The lowest BCUT2D eigenvalue weighted by atomic mass is 9.97. The number of hydroxylamine groups is 2. The zero-order valence-electron chi connectivity index (χ0n) is 18.8. The fraction of sp³-hybridized carbons (Fsp3) is 0.474. The molecule has 4 rings (SSSR count). The minimum absolute atomic E-state index is 0.233. The van der Waals surface area contributed by atoms with E-state index in [9.17, 15) is 34.3 Å². The molecule has 0 bridgehead atoms. The summed E-state index contributed by atoms with van der Waals surface area (Å²) in [5, 5.41) is 33.0. The highest BCUT2D eigenvalue weighted by atomic mass is 31.2. The second-order valence-corrected chi connectivity index (χ2v) is 9.75. The van der Waals surface area contributed by atoms with Crippen LogP contribution in [0.5, 0.6) is 0 Å². The number of nitrogens with zero attached hydrogens (tertiary/aromatic N) is 3. The highest BCUT2D eigenvalue weighted by Gasteiger charge is 2.91. The van der Waals surface area contributed by atoms with Crippen LogP contribution >= 0.6 is 7.82 Å². The molecule has 4 amide bonds. The summed E-state index contributed by atoms with van der Waals surface area (Å²) in [6, 6.07) is 2.22. The lowest BCUT2D eigenvalue weighted by Gasteiger charge is -2.36. The van der Waals surface area contributed by atoms with Crippen molar-refractivity contribution in [1.82, 2.24) is 9.96 Å². The first-order valence-corrected chi connectivity index (χ1v) is 11.9. The van der Waals surface area contributed by atoms with E-state index < -0.39 is 67.5 Å². The van der Waals surface area contributed by atoms with E-state index in [2.05, 4.69) is 9.52 Å². The number of rotatable bonds is 7. The van der Waals surface area contributed by atoms with Crippen LogP contribution in [-0.4, -0.2) is 86.0 Å². The Bertz CT molecular complexity index is 1220. The maximum Gasteiger partial charge on any atom is 0.469 e. The van der Waals surface area contributed by atoms with Crippen molar-refractivity contribution in [3.05, 3.63) is 23.3 Å². The lowest BCUT2D eigenvalue weighted by Crippen LogP contribution is -2.66. The van der Waals surface area contributed by atoms with Gasteiger partial charge in [0.1, 0.15) is 24.0 Å². The number of anilines is 1. The van der Waals surface area contributed by atoms with Crippen molar-refractivity contribution in [3.8, 4) is 0 Å². The fourth-order valence-electron chi connectivity index (χ4n) is 4.32. The van der Waals surface area contributed by atoms with E-state index in [0.717, 1.165) is 11.1 Å². The third-order valence-corrected chi connectivity index (χ3v) is 6.70. The van der Waals surface area contributed by atoms with Gasteiger partial charge >= 0.3 is 31.4 Å². The smallest absolute Gasteiger partial charge is 0.388 e. The van der Waals surface area contributed by atoms with Crippen molar-refractivity contribution in [3.63, 3.8) is 0 Å². The standard InChI is InChI=1S/C19H23N4O11P/c1-8-4-11-12(5-9(8)2)23(10(3)24)19(34-23)16(20-18(29)21-17(19)28)22(11)6-13(25)15(27)14(26)7-33-35(30,31)32/h4-5,13-15,25-27H,6-7H2,1-3H3,(H2-,21,28,29,30,31,32)/p+1/t13-,14+,15-,19+,23+/m0/s1. The molecular weight excluding hydrogens is 491 g/mol. The Kier molecular flexibility index (Phi) is 6.00. The Labute approximate surface area is 198 Å². The van der Waals surface area contributed by atoms with Crippen molar-refractivity contribution in [2.24, 2.45) is 4.99 Å². The van der Waals surface area contributed by atoms with Crippen LogP contribution in [-0.2, 0) is 23.5 Å². The number of phosphoric acid groups is 1. The summed E-state index contributed by atoms with van der Waals surface area (Å²) in [4.78, 5) is 66.2. The molecule has 0 aromatic heterocycles. The molecule has 1 aromatic rings. The van der Waals surface area contributed by atoms with Crippen LogP contribution < -0.4 is 14.9 Å². The second kappa shape index (κ2) is 8.23. The molecule has 3 heterocycles. The number of β-amino-alcohol motifs (C(OH)–C–C–N with tert-alkyl or cyclic N) is 1. The Morgan fingerprint density at radius 1 is 1.23 bits per heavy atom. The highest BCUT2D eigenvalue weighted by Crippen LogP contribution is 2.60. The molecule has 1 fully saturated rings. The molecule has 15 nitrogen and oxygen atoms in total. The number of imide groups is 1. The first-order valence-electron chi connectivity index (χ1n) is 10.3. The number of aryl methyl sites for hydroxylation is 2. The van der Waals surface area contributed by atoms with Gasteiger partial charge in [0.05, 0.1) is 20.1 Å². The summed E-state index contributed by atoms with van der Waals surface area (Å²) in [6.45, 7) is 3.21. The number of carbonyl (C=O) groups is 3. The van der Waals surface area contributed by atoms with E-state index in [0.29, 0.717) is 0 Å². The summed E-state index contributed by atoms with van der Waals surface area (Å²) in [5.74, 6) is -1.82. The number of amides is 4. The van der Waals surface area contributed by atoms with Gasteiger partial charge in [0.15, 0.2) is 0 Å². The van der Waals surface area contributed by atoms with Gasteiger partial charge in [0, 0.05) is 6.07 Å². The van der Waals surface area contributed by atoms with Gasteiger partial charge in [0.25, 0.3) is 0 Å². The van der Waals surface area contributed by atoms with E-state index in [1.807, 2.05) is 5.32 Å². The number of amidine groups is 1. The zero-order chi connectivity index (χ0) is 26.1. The van der Waals surface area contributed by atoms with E-state index in [-0.39, 0.29) is 17.2 Å². The van der Waals surface area contributed by atoms with Gasteiger partial charge in [-0.05, 0) is 35.7 Å². The van der Waals surface area contributed by atoms with Gasteiger partial charge in [-0.1, -0.05) is 4.84 Å². The van der Waals surface area contributed by atoms with Crippen LogP contribution in [0, 0.1) is 13.8 Å². The predicted molar refractivity (Wildman–Crippen MR) is 117 cm³/mol. The van der Waals surface area contributed by atoms with Gasteiger partial charge < -0.3 is 30.0 Å². The second-order valence-electron chi connectivity index (χ2n) is 8.51. The number of carbonyl (C=O) groups excluding carboxylic acids is 3. The van der Waals surface area contributed by atoms with Gasteiger partial charge in [-0.3, -0.25) is 14.6 Å². The summed E-state index contributed by atoms with van der Waals surface area (Å²) in [7, 11) is -4.95. The quantitative estimate of drug-likeness (QED) is 0.138. The molecule has 0 radical (unpaired) electrons.